The van der Waals surface area contributed by atoms with Gasteiger partial charge in [0.15, 0.2) is 12.2 Å². The number of phosphoric ester groups is 2. The van der Waals surface area contributed by atoms with E-state index in [-0.39, 0.29) is 25.7 Å². The molecule has 0 aromatic carbocycles. The first kappa shape index (κ1) is 100. The van der Waals surface area contributed by atoms with Crippen molar-refractivity contribution in [1.29, 1.82) is 0 Å². The van der Waals surface area contributed by atoms with Crippen LogP contribution in [0.25, 0.3) is 0 Å². The standard InChI is InChI=1S/C87H140O17P2/c1-5-9-13-17-21-25-29-33-37-40-44-47-51-55-59-63-67-71-84(89)97-77-82(103-86(91)73-69-65-61-57-53-49-43-36-32-28-24-20-16-12-8-4)79-101-105(93,94)99-75-81(88)76-100-106(95,96)102-80-83(104-87(92)74-70-66-62-58-54-50-46-42-39-35-31-27-23-19-15-11-7-3)78-98-85(90)72-68-64-60-56-52-48-45-41-38-34-30-26-22-18-14-10-6-2/h9-16,21-28,33-39,43-45,47-48,55,59,81-83,88H,5-8,17-20,29-32,40-42,46,49-54,56-58,60-80H2,1-4H3,(H,93,94)(H,95,96)/b13-9-,14-10-,15-11-,16-12-,25-21-,26-22-,27-23-,28-24-,37-33-,38-34-,39-35-,43-36-,47-44-,48-45-,59-55-. The number of allylic oxidation sites excluding steroid dienone is 30. The number of hydrogen-bond donors (Lipinski definition) is 3. The number of hydrogen-bond acceptors (Lipinski definition) is 15. The molecule has 0 fully saturated rings. The molecular weight excluding hydrogens is 1380 g/mol. The predicted octanol–water partition coefficient (Wildman–Crippen LogP) is 23.6. The summed E-state index contributed by atoms with van der Waals surface area (Å²) in [6.45, 7) is 4.29. The van der Waals surface area contributed by atoms with E-state index >= 15 is 0 Å². The van der Waals surface area contributed by atoms with Crippen molar-refractivity contribution in [3.63, 3.8) is 0 Å². The number of esters is 4. The Balaban J connectivity index is 5.48. The zero-order valence-corrected chi connectivity index (χ0v) is 67.3. The Morgan fingerprint density at radius 2 is 0.472 bits per heavy atom. The second kappa shape index (κ2) is 77.3. The molecule has 106 heavy (non-hydrogen) atoms. The molecule has 0 amide bonds. The number of aliphatic hydroxyl groups is 1. The Kier molecular flexibility index (Phi) is 73.1. The minimum Gasteiger partial charge on any atom is -0.462 e. The molecule has 0 radical (unpaired) electrons. The van der Waals surface area contributed by atoms with E-state index in [1.54, 1.807) is 0 Å². The van der Waals surface area contributed by atoms with Gasteiger partial charge in [-0.1, -0.05) is 274 Å². The fourth-order valence-corrected chi connectivity index (χ4v) is 11.5. The molecule has 0 aliphatic carbocycles. The van der Waals surface area contributed by atoms with E-state index in [2.05, 4.69) is 198 Å². The number of carbonyl (C=O) groups excluding carboxylic acids is 4. The van der Waals surface area contributed by atoms with Gasteiger partial charge in [-0.05, 0) is 167 Å². The third-order valence-electron chi connectivity index (χ3n) is 15.9. The first-order chi connectivity index (χ1) is 51.7. The van der Waals surface area contributed by atoms with Gasteiger partial charge in [0.2, 0.25) is 0 Å². The van der Waals surface area contributed by atoms with Gasteiger partial charge in [0, 0.05) is 25.7 Å². The zero-order chi connectivity index (χ0) is 77.4. The number of rotatable bonds is 73. The van der Waals surface area contributed by atoms with Gasteiger partial charge in [-0.25, -0.2) is 9.13 Å². The maximum absolute atomic E-state index is 13.1. The molecule has 17 nitrogen and oxygen atoms in total. The molecule has 3 N–H and O–H groups in total. The molecule has 0 rings (SSSR count). The Morgan fingerprint density at radius 1 is 0.264 bits per heavy atom. The fraction of sp³-hybridized carbons (Fsp3) is 0.609. The Bertz CT molecular complexity index is 2730. The van der Waals surface area contributed by atoms with Crippen molar-refractivity contribution >= 4 is 39.5 Å². The van der Waals surface area contributed by atoms with Crippen LogP contribution in [0.3, 0.4) is 0 Å². The Morgan fingerprint density at radius 3 is 0.745 bits per heavy atom. The van der Waals surface area contributed by atoms with Crippen LogP contribution in [0.15, 0.2) is 182 Å². The third kappa shape index (κ3) is 76.4. The number of unbranched alkanes of at least 4 members (excludes halogenated alkanes) is 17. The van der Waals surface area contributed by atoms with Gasteiger partial charge in [0.1, 0.15) is 19.3 Å². The van der Waals surface area contributed by atoms with Crippen molar-refractivity contribution in [2.45, 2.75) is 303 Å². The van der Waals surface area contributed by atoms with E-state index in [0.29, 0.717) is 32.1 Å². The van der Waals surface area contributed by atoms with Crippen LogP contribution in [-0.4, -0.2) is 96.7 Å². The predicted molar refractivity (Wildman–Crippen MR) is 436 cm³/mol. The highest BCUT2D eigenvalue weighted by atomic mass is 31.2. The second-order valence-corrected chi connectivity index (χ2v) is 28.7. The molecule has 0 aliphatic rings. The van der Waals surface area contributed by atoms with E-state index in [1.807, 2.05) is 12.2 Å². The van der Waals surface area contributed by atoms with Crippen molar-refractivity contribution < 1.29 is 80.2 Å². The highest BCUT2D eigenvalue weighted by molar-refractivity contribution is 7.47. The summed E-state index contributed by atoms with van der Waals surface area (Å²) in [6, 6.07) is 0. The van der Waals surface area contributed by atoms with E-state index in [0.717, 1.165) is 199 Å². The quantitative estimate of drug-likeness (QED) is 0.0169. The van der Waals surface area contributed by atoms with Crippen LogP contribution >= 0.6 is 15.6 Å². The Hall–Kier alpha value is -5.84. The molecule has 19 heteroatoms. The minimum absolute atomic E-state index is 0.0559. The largest absolute Gasteiger partial charge is 0.472 e. The highest BCUT2D eigenvalue weighted by Crippen LogP contribution is 2.45. The summed E-state index contributed by atoms with van der Waals surface area (Å²) in [7, 11) is -10.0. The van der Waals surface area contributed by atoms with Crippen LogP contribution < -0.4 is 0 Å². The summed E-state index contributed by atoms with van der Waals surface area (Å²) in [5.41, 5.74) is 0. The molecule has 5 atom stereocenters. The topological polar surface area (TPSA) is 237 Å². The van der Waals surface area contributed by atoms with Crippen LogP contribution in [0.4, 0.5) is 0 Å². The van der Waals surface area contributed by atoms with Crippen LogP contribution in [0.1, 0.15) is 285 Å². The average molecular weight is 1520 g/mol. The summed E-state index contributed by atoms with van der Waals surface area (Å²) in [4.78, 5) is 73.1. The van der Waals surface area contributed by atoms with Crippen molar-refractivity contribution in [1.82, 2.24) is 0 Å². The SMILES string of the molecule is CC/C=C\C/C=C\C/C=C\C/C=C\C/C=C\CCCC(=O)OCC(COP(=O)(O)OCC(O)COP(=O)(O)OCC(COC(=O)CCCCCC/C=C\C/C=C\C/C=C\C/C=C\CC)OC(=O)CCCCCCCCC/C=C\C/C=C\C/C=C\CC)OC(=O)CCCCCCC/C=C\C/C=C\C/C=C\CC. The zero-order valence-electron chi connectivity index (χ0n) is 65.5. The summed E-state index contributed by atoms with van der Waals surface area (Å²) >= 11 is 0. The molecule has 0 saturated carbocycles. The van der Waals surface area contributed by atoms with Gasteiger partial charge < -0.3 is 33.8 Å². The molecule has 0 bridgehead atoms. The molecule has 0 aromatic rings. The second-order valence-electron chi connectivity index (χ2n) is 25.8. The van der Waals surface area contributed by atoms with Crippen LogP contribution in [0.2, 0.25) is 0 Å². The lowest BCUT2D eigenvalue weighted by molar-refractivity contribution is -0.161. The number of phosphoric acid groups is 2. The molecule has 0 heterocycles. The molecular formula is C87H140O17P2. The first-order valence-corrected chi connectivity index (χ1v) is 43.0. The lowest BCUT2D eigenvalue weighted by atomic mass is 10.1. The maximum atomic E-state index is 13.1. The highest BCUT2D eigenvalue weighted by Gasteiger charge is 2.30. The molecule has 0 aliphatic heterocycles. The molecule has 0 aromatic heterocycles. The van der Waals surface area contributed by atoms with Crippen LogP contribution in [0.5, 0.6) is 0 Å². The number of aliphatic hydroxyl groups excluding tert-OH is 1. The van der Waals surface area contributed by atoms with Crippen molar-refractivity contribution in [3.05, 3.63) is 182 Å². The van der Waals surface area contributed by atoms with Crippen molar-refractivity contribution in [2.75, 3.05) is 39.6 Å². The number of ether oxygens (including phenoxy) is 4. The van der Waals surface area contributed by atoms with Gasteiger partial charge >= 0.3 is 39.5 Å². The first-order valence-electron chi connectivity index (χ1n) is 40.0. The minimum atomic E-state index is -5.01. The van der Waals surface area contributed by atoms with Gasteiger partial charge in [-0.3, -0.25) is 37.3 Å². The van der Waals surface area contributed by atoms with Crippen LogP contribution in [0, 0.1) is 0 Å². The monoisotopic (exact) mass is 1520 g/mol. The molecule has 0 spiro atoms. The van der Waals surface area contributed by atoms with Crippen LogP contribution in [-0.2, 0) is 65.4 Å². The lowest BCUT2D eigenvalue weighted by Gasteiger charge is -2.21. The summed E-state index contributed by atoms with van der Waals surface area (Å²) in [5.74, 6) is -2.31. The van der Waals surface area contributed by atoms with E-state index < -0.39 is 97.5 Å². The van der Waals surface area contributed by atoms with Gasteiger partial charge in [0.05, 0.1) is 26.4 Å². The Labute approximate surface area is 641 Å². The molecule has 5 unspecified atom stereocenters. The van der Waals surface area contributed by atoms with E-state index in [1.165, 1.54) is 0 Å². The maximum Gasteiger partial charge on any atom is 0.472 e. The fourth-order valence-electron chi connectivity index (χ4n) is 9.92. The smallest absolute Gasteiger partial charge is 0.462 e. The van der Waals surface area contributed by atoms with Gasteiger partial charge in [-0.15, -0.1) is 0 Å². The summed E-state index contributed by atoms with van der Waals surface area (Å²) in [5, 5.41) is 10.7. The molecule has 0 saturated heterocycles. The van der Waals surface area contributed by atoms with Crippen molar-refractivity contribution in [3.8, 4) is 0 Å². The number of carbonyl (C=O) groups is 4. The van der Waals surface area contributed by atoms with Crippen molar-refractivity contribution in [2.24, 2.45) is 0 Å². The summed E-state index contributed by atoms with van der Waals surface area (Å²) < 4.78 is 68.6. The third-order valence-corrected chi connectivity index (χ3v) is 17.8. The lowest BCUT2D eigenvalue weighted by Crippen LogP contribution is -2.30. The normalized spacial score (nSPS) is 14.8. The molecule has 600 valence electrons. The van der Waals surface area contributed by atoms with Gasteiger partial charge in [-0.2, -0.15) is 0 Å². The van der Waals surface area contributed by atoms with E-state index in [4.69, 9.17) is 37.0 Å². The van der Waals surface area contributed by atoms with Gasteiger partial charge in [0.25, 0.3) is 0 Å². The van der Waals surface area contributed by atoms with E-state index in [9.17, 15) is 43.2 Å². The summed E-state index contributed by atoms with van der Waals surface area (Å²) in [6.07, 6.45) is 93.0. The average Bonchev–Trinajstić information content (AvgIpc) is 0.901.